The Balaban J connectivity index is 1.35. The van der Waals surface area contributed by atoms with E-state index in [0.717, 1.165) is 11.4 Å². The van der Waals surface area contributed by atoms with E-state index < -0.39 is 0 Å². The highest BCUT2D eigenvalue weighted by atomic mass is 35.5. The molecule has 1 fully saturated rings. The fourth-order valence-electron chi connectivity index (χ4n) is 3.32. The first-order valence-electron chi connectivity index (χ1n) is 9.67. The maximum Gasteiger partial charge on any atom is 0.321 e. The van der Waals surface area contributed by atoms with Gasteiger partial charge in [-0.25, -0.2) is 9.18 Å². The van der Waals surface area contributed by atoms with E-state index in [1.807, 2.05) is 36.4 Å². The van der Waals surface area contributed by atoms with Crippen molar-refractivity contribution in [1.29, 1.82) is 0 Å². The van der Waals surface area contributed by atoms with Crippen molar-refractivity contribution in [3.63, 3.8) is 0 Å². The van der Waals surface area contributed by atoms with E-state index >= 15 is 0 Å². The summed E-state index contributed by atoms with van der Waals surface area (Å²) < 4.78 is 13.7. The first-order valence-corrected chi connectivity index (χ1v) is 10.0. The molecule has 1 saturated heterocycles. The van der Waals surface area contributed by atoms with Crippen molar-refractivity contribution < 1.29 is 9.18 Å². The third-order valence-corrected chi connectivity index (χ3v) is 5.44. The number of aryl methyl sites for hydroxylation is 1. The quantitative estimate of drug-likeness (QED) is 0.666. The molecule has 2 aromatic carbocycles. The summed E-state index contributed by atoms with van der Waals surface area (Å²) >= 11 is 6.22. The molecule has 0 radical (unpaired) electrons. The molecule has 6 nitrogen and oxygen atoms in total. The van der Waals surface area contributed by atoms with Gasteiger partial charge in [0.2, 0.25) is 0 Å². The number of carbonyl (C=O) groups is 1. The minimum Gasteiger partial charge on any atom is -0.352 e. The largest absolute Gasteiger partial charge is 0.352 e. The number of nitrogens with one attached hydrogen (secondary N) is 1. The molecule has 0 atom stereocenters. The highest BCUT2D eigenvalue weighted by Gasteiger charge is 2.22. The maximum atomic E-state index is 13.7. The van der Waals surface area contributed by atoms with Crippen LogP contribution in [-0.4, -0.2) is 47.3 Å². The highest BCUT2D eigenvalue weighted by molar-refractivity contribution is 6.33. The van der Waals surface area contributed by atoms with Crippen LogP contribution in [-0.2, 0) is 0 Å². The predicted molar refractivity (Wildman–Crippen MR) is 116 cm³/mol. The van der Waals surface area contributed by atoms with Crippen molar-refractivity contribution in [3.8, 4) is 11.3 Å². The van der Waals surface area contributed by atoms with Crippen molar-refractivity contribution in [2.45, 2.75) is 6.92 Å². The summed E-state index contributed by atoms with van der Waals surface area (Å²) in [5.74, 6) is 0.419. The van der Waals surface area contributed by atoms with Crippen LogP contribution in [0.25, 0.3) is 11.3 Å². The minimum atomic E-state index is -0.337. The molecule has 30 heavy (non-hydrogen) atoms. The number of piperazine rings is 1. The van der Waals surface area contributed by atoms with Crippen LogP contribution in [0, 0.1) is 12.7 Å². The van der Waals surface area contributed by atoms with Gasteiger partial charge in [0.15, 0.2) is 5.82 Å². The van der Waals surface area contributed by atoms with E-state index in [0.29, 0.717) is 48.1 Å². The van der Waals surface area contributed by atoms with Gasteiger partial charge in [-0.15, -0.1) is 10.2 Å². The molecule has 0 unspecified atom stereocenters. The van der Waals surface area contributed by atoms with Gasteiger partial charge in [0.1, 0.15) is 5.82 Å². The second-order valence-electron chi connectivity index (χ2n) is 7.12. The standard InChI is InChI=1S/C22H21ClFN5O/c1-15-6-7-16(14-19(15)24)25-22(30)29-12-10-28(11-13-29)21-9-8-20(26-27-21)17-4-2-3-5-18(17)23/h2-9,14H,10-13H2,1H3,(H,25,30). The lowest BCUT2D eigenvalue weighted by atomic mass is 10.1. The van der Waals surface area contributed by atoms with Gasteiger partial charge in [0, 0.05) is 37.4 Å². The number of amides is 2. The number of halogens is 2. The summed E-state index contributed by atoms with van der Waals surface area (Å²) in [4.78, 5) is 16.3. The van der Waals surface area contributed by atoms with Gasteiger partial charge in [-0.3, -0.25) is 0 Å². The van der Waals surface area contributed by atoms with E-state index in [4.69, 9.17) is 11.6 Å². The monoisotopic (exact) mass is 425 g/mol. The van der Waals surface area contributed by atoms with Crippen molar-refractivity contribution >= 4 is 29.1 Å². The molecule has 1 N–H and O–H groups in total. The molecule has 4 rings (SSSR count). The molecular formula is C22H21ClFN5O. The van der Waals surface area contributed by atoms with Crippen molar-refractivity contribution in [2.24, 2.45) is 0 Å². The number of nitrogens with zero attached hydrogens (tertiary/aromatic N) is 4. The average Bonchev–Trinajstić information content (AvgIpc) is 2.77. The zero-order valence-corrected chi connectivity index (χ0v) is 17.2. The zero-order valence-electron chi connectivity index (χ0n) is 16.5. The number of carbonyl (C=O) groups excluding carboxylic acids is 1. The van der Waals surface area contributed by atoms with Crippen LogP contribution >= 0.6 is 11.6 Å². The number of rotatable bonds is 3. The van der Waals surface area contributed by atoms with Crippen LogP contribution in [0.15, 0.2) is 54.6 Å². The van der Waals surface area contributed by atoms with Gasteiger partial charge >= 0.3 is 6.03 Å². The lowest BCUT2D eigenvalue weighted by molar-refractivity contribution is 0.208. The smallest absolute Gasteiger partial charge is 0.321 e. The van der Waals surface area contributed by atoms with Gasteiger partial charge in [0.05, 0.1) is 10.7 Å². The number of hydrogen-bond donors (Lipinski definition) is 1. The Hall–Kier alpha value is -3.19. The molecule has 2 heterocycles. The molecule has 0 spiro atoms. The maximum absolute atomic E-state index is 13.7. The summed E-state index contributed by atoms with van der Waals surface area (Å²) in [5.41, 5.74) is 2.55. The van der Waals surface area contributed by atoms with Crippen LogP contribution in [0.5, 0.6) is 0 Å². The molecule has 3 aromatic rings. The summed E-state index contributed by atoms with van der Waals surface area (Å²) in [7, 11) is 0. The van der Waals surface area contributed by atoms with Crippen LogP contribution in [0.2, 0.25) is 5.02 Å². The molecule has 8 heteroatoms. The van der Waals surface area contributed by atoms with E-state index in [9.17, 15) is 9.18 Å². The van der Waals surface area contributed by atoms with Crippen molar-refractivity contribution in [2.75, 3.05) is 36.4 Å². The Morgan fingerprint density at radius 2 is 1.80 bits per heavy atom. The average molecular weight is 426 g/mol. The van der Waals surface area contributed by atoms with Crippen molar-refractivity contribution in [1.82, 2.24) is 15.1 Å². The summed E-state index contributed by atoms with van der Waals surface area (Å²) in [6.45, 7) is 4.03. The summed E-state index contributed by atoms with van der Waals surface area (Å²) in [6.07, 6.45) is 0. The van der Waals surface area contributed by atoms with E-state index in [1.54, 1.807) is 24.0 Å². The Labute approximate surface area is 179 Å². The Morgan fingerprint density at radius 3 is 2.47 bits per heavy atom. The second-order valence-corrected chi connectivity index (χ2v) is 7.53. The summed E-state index contributed by atoms with van der Waals surface area (Å²) in [5, 5.41) is 12.0. The first kappa shape index (κ1) is 20.1. The number of hydrogen-bond acceptors (Lipinski definition) is 4. The molecule has 1 aromatic heterocycles. The lowest BCUT2D eigenvalue weighted by Crippen LogP contribution is -2.50. The first-order chi connectivity index (χ1) is 14.5. The van der Waals surface area contributed by atoms with E-state index in [2.05, 4.69) is 20.4 Å². The second kappa shape index (κ2) is 8.67. The van der Waals surface area contributed by atoms with Crippen molar-refractivity contribution in [3.05, 3.63) is 71.0 Å². The molecule has 2 amide bonds. The van der Waals surface area contributed by atoms with E-state index in [1.165, 1.54) is 6.07 Å². The zero-order chi connectivity index (χ0) is 21.1. The number of benzene rings is 2. The molecule has 0 saturated carbocycles. The molecule has 1 aliphatic heterocycles. The fraction of sp³-hybridized carbons (Fsp3) is 0.227. The normalized spacial score (nSPS) is 14.0. The topological polar surface area (TPSA) is 61.4 Å². The molecule has 1 aliphatic rings. The van der Waals surface area contributed by atoms with Crippen LogP contribution < -0.4 is 10.2 Å². The third-order valence-electron chi connectivity index (χ3n) is 5.11. The van der Waals surface area contributed by atoms with Gasteiger partial charge in [-0.1, -0.05) is 35.9 Å². The van der Waals surface area contributed by atoms with Crippen LogP contribution in [0.4, 0.5) is 20.7 Å². The SMILES string of the molecule is Cc1ccc(NC(=O)N2CCN(c3ccc(-c4ccccc4Cl)nn3)CC2)cc1F. The highest BCUT2D eigenvalue weighted by Crippen LogP contribution is 2.26. The van der Waals surface area contributed by atoms with E-state index in [-0.39, 0.29) is 11.8 Å². The minimum absolute atomic E-state index is 0.238. The van der Waals surface area contributed by atoms with Gasteiger partial charge in [-0.05, 0) is 42.8 Å². The van der Waals surface area contributed by atoms with Gasteiger partial charge in [0.25, 0.3) is 0 Å². The molecule has 0 bridgehead atoms. The van der Waals surface area contributed by atoms with Gasteiger partial charge in [-0.2, -0.15) is 0 Å². The Bertz CT molecular complexity index is 1050. The summed E-state index contributed by atoms with van der Waals surface area (Å²) in [6, 6.07) is 15.8. The fourth-order valence-corrected chi connectivity index (χ4v) is 3.55. The molecule has 0 aliphatic carbocycles. The Kier molecular flexibility index (Phi) is 5.81. The third kappa shape index (κ3) is 4.36. The number of anilines is 2. The number of urea groups is 1. The molecule has 154 valence electrons. The lowest BCUT2D eigenvalue weighted by Gasteiger charge is -2.35. The predicted octanol–water partition coefficient (Wildman–Crippen LogP) is 4.60. The Morgan fingerprint density at radius 1 is 1.03 bits per heavy atom. The van der Waals surface area contributed by atoms with Crippen LogP contribution in [0.1, 0.15) is 5.56 Å². The van der Waals surface area contributed by atoms with Crippen LogP contribution in [0.3, 0.4) is 0 Å². The van der Waals surface area contributed by atoms with Gasteiger partial charge < -0.3 is 15.1 Å². The molecular weight excluding hydrogens is 405 g/mol. The number of aromatic nitrogens is 2.